The van der Waals surface area contributed by atoms with E-state index in [4.69, 9.17) is 0 Å². The Balaban J connectivity index is 1.43. The molecule has 1 aromatic heterocycles. The van der Waals surface area contributed by atoms with E-state index in [1.54, 1.807) is 22.2 Å². The number of nitrogens with one attached hydrogen (secondary N) is 1. The van der Waals surface area contributed by atoms with E-state index in [2.05, 4.69) is 15.3 Å². The van der Waals surface area contributed by atoms with E-state index in [1.165, 1.54) is 6.33 Å². The summed E-state index contributed by atoms with van der Waals surface area (Å²) in [6.45, 7) is 1.81. The summed E-state index contributed by atoms with van der Waals surface area (Å²) in [5.41, 5.74) is 0.742. The molecule has 2 aliphatic heterocycles. The van der Waals surface area contributed by atoms with Crippen LogP contribution in [0.3, 0.4) is 0 Å². The van der Waals surface area contributed by atoms with Gasteiger partial charge in [0.2, 0.25) is 5.91 Å². The van der Waals surface area contributed by atoms with Crippen molar-refractivity contribution in [2.45, 2.75) is 18.9 Å². The van der Waals surface area contributed by atoms with Crippen LogP contribution in [0.5, 0.6) is 0 Å². The second-order valence-electron chi connectivity index (χ2n) is 6.04. The summed E-state index contributed by atoms with van der Waals surface area (Å²) in [4.78, 5) is 36.0. The van der Waals surface area contributed by atoms with Crippen molar-refractivity contribution in [3.63, 3.8) is 0 Å². The standard InChI is InChI=1S/C14H17N5O2/c20-13-12-7-18(14(21)17-10-1-2-10)5-9(12)6-19(13)11-3-15-8-16-4-11/h3-4,8-10,12H,1-2,5-7H2,(H,17,21)/t9-,12-/m0/s1. The zero-order valence-corrected chi connectivity index (χ0v) is 11.6. The lowest BCUT2D eigenvalue weighted by atomic mass is 10.0. The number of rotatable bonds is 2. The monoisotopic (exact) mass is 287 g/mol. The molecule has 0 spiro atoms. The number of hydrogen-bond donors (Lipinski definition) is 1. The molecule has 3 aliphatic rings. The van der Waals surface area contributed by atoms with Crippen molar-refractivity contribution in [1.29, 1.82) is 0 Å². The number of amides is 3. The van der Waals surface area contributed by atoms with Crippen LogP contribution in [0.1, 0.15) is 12.8 Å². The van der Waals surface area contributed by atoms with Crippen molar-refractivity contribution in [2.75, 3.05) is 24.5 Å². The molecule has 0 bridgehead atoms. The van der Waals surface area contributed by atoms with E-state index in [0.29, 0.717) is 25.7 Å². The van der Waals surface area contributed by atoms with Crippen LogP contribution < -0.4 is 10.2 Å². The average molecular weight is 287 g/mol. The van der Waals surface area contributed by atoms with E-state index in [1.807, 2.05) is 0 Å². The van der Waals surface area contributed by atoms with Crippen molar-refractivity contribution in [2.24, 2.45) is 11.8 Å². The molecule has 3 fully saturated rings. The van der Waals surface area contributed by atoms with Crippen LogP contribution in [0.4, 0.5) is 10.5 Å². The molecule has 7 heteroatoms. The molecule has 1 aliphatic carbocycles. The molecule has 0 aromatic carbocycles. The van der Waals surface area contributed by atoms with Crippen LogP contribution in [-0.4, -0.2) is 52.5 Å². The Labute approximate surface area is 122 Å². The van der Waals surface area contributed by atoms with Gasteiger partial charge in [0.1, 0.15) is 6.33 Å². The average Bonchev–Trinajstić information content (AvgIpc) is 3.12. The van der Waals surface area contributed by atoms with Crippen molar-refractivity contribution in [3.8, 4) is 0 Å². The first-order valence-corrected chi connectivity index (χ1v) is 7.34. The molecule has 2 atom stereocenters. The molecule has 2 saturated heterocycles. The SMILES string of the molecule is O=C(NC1CC1)N1C[C@H]2CN(c3cncnc3)C(=O)[C@H]2C1. The second kappa shape index (κ2) is 4.68. The topological polar surface area (TPSA) is 78.4 Å². The third-order valence-electron chi connectivity index (χ3n) is 4.49. The van der Waals surface area contributed by atoms with E-state index in [0.717, 1.165) is 18.5 Å². The molecule has 110 valence electrons. The highest BCUT2D eigenvalue weighted by atomic mass is 16.2. The molecule has 0 unspecified atom stereocenters. The summed E-state index contributed by atoms with van der Waals surface area (Å²) >= 11 is 0. The van der Waals surface area contributed by atoms with E-state index < -0.39 is 0 Å². The van der Waals surface area contributed by atoms with Gasteiger partial charge in [0.25, 0.3) is 0 Å². The van der Waals surface area contributed by atoms with Crippen molar-refractivity contribution in [3.05, 3.63) is 18.7 Å². The van der Waals surface area contributed by atoms with E-state index >= 15 is 0 Å². The van der Waals surface area contributed by atoms with Crippen molar-refractivity contribution >= 4 is 17.6 Å². The minimum Gasteiger partial charge on any atom is -0.335 e. The molecular weight excluding hydrogens is 270 g/mol. The number of anilines is 1. The van der Waals surface area contributed by atoms with Gasteiger partial charge in [0.05, 0.1) is 24.0 Å². The number of hydrogen-bond acceptors (Lipinski definition) is 4. The number of carbonyl (C=O) groups excluding carboxylic acids is 2. The Hall–Kier alpha value is -2.18. The fourth-order valence-corrected chi connectivity index (χ4v) is 3.18. The number of aromatic nitrogens is 2. The Kier molecular flexibility index (Phi) is 2.80. The second-order valence-corrected chi connectivity index (χ2v) is 6.04. The third-order valence-corrected chi connectivity index (χ3v) is 4.49. The van der Waals surface area contributed by atoms with Gasteiger partial charge < -0.3 is 15.1 Å². The van der Waals surface area contributed by atoms with Gasteiger partial charge in [-0.1, -0.05) is 0 Å². The van der Waals surface area contributed by atoms with Gasteiger partial charge >= 0.3 is 6.03 Å². The first kappa shape index (κ1) is 12.6. The van der Waals surface area contributed by atoms with Gasteiger partial charge in [-0.2, -0.15) is 0 Å². The van der Waals surface area contributed by atoms with E-state index in [-0.39, 0.29) is 23.8 Å². The predicted octanol–water partition coefficient (Wildman–Crippen LogP) is 0.243. The normalized spacial score (nSPS) is 27.9. The highest BCUT2D eigenvalue weighted by molar-refractivity contribution is 5.98. The lowest BCUT2D eigenvalue weighted by Crippen LogP contribution is -2.42. The molecule has 3 amide bonds. The predicted molar refractivity (Wildman–Crippen MR) is 74.5 cm³/mol. The van der Waals surface area contributed by atoms with Gasteiger partial charge in [-0.25, -0.2) is 14.8 Å². The largest absolute Gasteiger partial charge is 0.335 e. The lowest BCUT2D eigenvalue weighted by molar-refractivity contribution is -0.120. The number of fused-ring (bicyclic) bond motifs is 1. The fourth-order valence-electron chi connectivity index (χ4n) is 3.18. The molecular formula is C14H17N5O2. The zero-order valence-electron chi connectivity index (χ0n) is 11.6. The number of carbonyl (C=O) groups is 2. The molecule has 1 saturated carbocycles. The Bertz CT molecular complexity index is 574. The lowest BCUT2D eigenvalue weighted by Gasteiger charge is -2.21. The van der Waals surface area contributed by atoms with Crippen LogP contribution in [0.15, 0.2) is 18.7 Å². The van der Waals surface area contributed by atoms with Crippen LogP contribution in [0, 0.1) is 11.8 Å². The van der Waals surface area contributed by atoms with Gasteiger partial charge in [-0.15, -0.1) is 0 Å². The highest BCUT2D eigenvalue weighted by Crippen LogP contribution is 2.34. The molecule has 4 rings (SSSR count). The smallest absolute Gasteiger partial charge is 0.317 e. The van der Waals surface area contributed by atoms with Gasteiger partial charge in [-0.3, -0.25) is 4.79 Å². The van der Waals surface area contributed by atoms with Crippen LogP contribution in [-0.2, 0) is 4.79 Å². The molecule has 21 heavy (non-hydrogen) atoms. The maximum absolute atomic E-state index is 12.5. The summed E-state index contributed by atoms with van der Waals surface area (Å²) in [6.07, 6.45) is 6.92. The summed E-state index contributed by atoms with van der Waals surface area (Å²) in [5.74, 6) is 0.203. The maximum Gasteiger partial charge on any atom is 0.317 e. The quantitative estimate of drug-likeness (QED) is 0.845. The molecule has 0 radical (unpaired) electrons. The van der Waals surface area contributed by atoms with Crippen molar-refractivity contribution < 1.29 is 9.59 Å². The summed E-state index contributed by atoms with van der Waals surface area (Å²) < 4.78 is 0. The highest BCUT2D eigenvalue weighted by Gasteiger charge is 2.48. The maximum atomic E-state index is 12.5. The molecule has 1 aromatic rings. The van der Waals surface area contributed by atoms with Crippen LogP contribution in [0.2, 0.25) is 0 Å². The van der Waals surface area contributed by atoms with Crippen LogP contribution in [0.25, 0.3) is 0 Å². The molecule has 1 N–H and O–H groups in total. The Morgan fingerprint density at radius 2 is 1.95 bits per heavy atom. The Morgan fingerprint density at radius 3 is 2.62 bits per heavy atom. The third kappa shape index (κ3) is 2.22. The summed E-state index contributed by atoms with van der Waals surface area (Å²) in [7, 11) is 0. The molecule has 7 nitrogen and oxygen atoms in total. The summed E-state index contributed by atoms with van der Waals surface area (Å²) in [5, 5.41) is 2.98. The first-order chi connectivity index (χ1) is 10.2. The summed E-state index contributed by atoms with van der Waals surface area (Å²) in [6, 6.07) is 0.334. The van der Waals surface area contributed by atoms with Gasteiger partial charge in [-0.05, 0) is 12.8 Å². The number of nitrogens with zero attached hydrogens (tertiary/aromatic N) is 4. The fraction of sp³-hybridized carbons (Fsp3) is 0.571. The van der Waals surface area contributed by atoms with Gasteiger partial charge in [0, 0.05) is 31.6 Å². The molecule has 3 heterocycles. The minimum atomic E-state index is -0.0878. The minimum absolute atomic E-state index is 0.0192. The van der Waals surface area contributed by atoms with Crippen LogP contribution >= 0.6 is 0 Å². The van der Waals surface area contributed by atoms with Crippen molar-refractivity contribution in [1.82, 2.24) is 20.2 Å². The number of urea groups is 1. The first-order valence-electron chi connectivity index (χ1n) is 7.34. The zero-order chi connectivity index (χ0) is 14.4. The van der Waals surface area contributed by atoms with E-state index in [9.17, 15) is 9.59 Å². The Morgan fingerprint density at radius 1 is 1.19 bits per heavy atom. The van der Waals surface area contributed by atoms with Gasteiger partial charge in [0.15, 0.2) is 0 Å². The number of likely N-dealkylation sites (tertiary alicyclic amines) is 1.